The highest BCUT2D eigenvalue weighted by atomic mass is 15.3. The standard InChI is InChI=1S/C28H19N5/c1-18-14-15-22-21-10-4-7-13-25(21)33(26(22)16-18)28-30-17-29-27(31-28)32-23-11-5-2-8-19(23)20-9-3-6-12-24(20)32/h2-17H,1H3. The van der Waals surface area contributed by atoms with Crippen LogP contribution in [0.5, 0.6) is 0 Å². The molecule has 0 aliphatic heterocycles. The van der Waals surface area contributed by atoms with E-state index in [1.807, 2.05) is 0 Å². The first-order chi connectivity index (χ1) is 16.3. The molecule has 33 heavy (non-hydrogen) atoms. The second-order valence-corrected chi connectivity index (χ2v) is 8.33. The molecule has 0 fully saturated rings. The molecule has 0 amide bonds. The summed E-state index contributed by atoms with van der Waals surface area (Å²) in [6.07, 6.45) is 1.61. The van der Waals surface area contributed by atoms with Crippen molar-refractivity contribution >= 4 is 43.6 Å². The number of aryl methyl sites for hydroxylation is 1. The lowest BCUT2D eigenvalue weighted by atomic mass is 10.1. The van der Waals surface area contributed by atoms with Crippen LogP contribution in [0.2, 0.25) is 0 Å². The predicted molar refractivity (Wildman–Crippen MR) is 133 cm³/mol. The zero-order valence-corrected chi connectivity index (χ0v) is 18.0. The zero-order chi connectivity index (χ0) is 21.9. The van der Waals surface area contributed by atoms with E-state index in [1.165, 1.54) is 27.1 Å². The predicted octanol–water partition coefficient (Wildman–Crippen LogP) is 6.37. The van der Waals surface area contributed by atoms with Crippen LogP contribution in [0, 0.1) is 6.92 Å². The molecule has 7 aromatic rings. The largest absolute Gasteiger partial charge is 0.278 e. The van der Waals surface area contributed by atoms with Crippen molar-refractivity contribution in [2.45, 2.75) is 6.92 Å². The fraction of sp³-hybridized carbons (Fsp3) is 0.0357. The number of aromatic nitrogens is 5. The van der Waals surface area contributed by atoms with Gasteiger partial charge >= 0.3 is 0 Å². The molecule has 4 aromatic carbocycles. The summed E-state index contributed by atoms with van der Waals surface area (Å²) >= 11 is 0. The first-order valence-electron chi connectivity index (χ1n) is 11.0. The van der Waals surface area contributed by atoms with Crippen LogP contribution in [0.3, 0.4) is 0 Å². The van der Waals surface area contributed by atoms with Crippen LogP contribution < -0.4 is 0 Å². The van der Waals surface area contributed by atoms with E-state index in [0.29, 0.717) is 11.9 Å². The summed E-state index contributed by atoms with van der Waals surface area (Å²) in [4.78, 5) is 14.2. The van der Waals surface area contributed by atoms with E-state index in [9.17, 15) is 0 Å². The Balaban J connectivity index is 1.56. The van der Waals surface area contributed by atoms with Gasteiger partial charge in [-0.15, -0.1) is 0 Å². The molecule has 0 saturated heterocycles. The van der Waals surface area contributed by atoms with Crippen LogP contribution in [0.25, 0.3) is 55.5 Å². The average Bonchev–Trinajstić information content (AvgIpc) is 3.37. The second kappa shape index (κ2) is 6.74. The van der Waals surface area contributed by atoms with Gasteiger partial charge in [0.05, 0.1) is 22.1 Å². The molecule has 3 aromatic heterocycles. The molecule has 0 radical (unpaired) electrons. The molecule has 0 unspecified atom stereocenters. The minimum Gasteiger partial charge on any atom is -0.278 e. The molecule has 0 bridgehead atoms. The van der Waals surface area contributed by atoms with Gasteiger partial charge in [0.15, 0.2) is 0 Å². The maximum absolute atomic E-state index is 4.99. The normalized spacial score (nSPS) is 11.8. The molecule has 0 atom stereocenters. The fourth-order valence-electron chi connectivity index (χ4n) is 4.93. The van der Waals surface area contributed by atoms with Crippen molar-refractivity contribution in [3.8, 4) is 11.9 Å². The molecule has 0 aliphatic carbocycles. The van der Waals surface area contributed by atoms with Gasteiger partial charge in [-0.1, -0.05) is 66.7 Å². The first-order valence-corrected chi connectivity index (χ1v) is 11.0. The molecule has 5 heteroatoms. The van der Waals surface area contributed by atoms with Crippen LogP contribution in [-0.4, -0.2) is 24.1 Å². The Morgan fingerprint density at radius 2 is 0.970 bits per heavy atom. The lowest BCUT2D eigenvalue weighted by Gasteiger charge is -2.09. The Bertz CT molecular complexity index is 1790. The third-order valence-corrected chi connectivity index (χ3v) is 6.36. The van der Waals surface area contributed by atoms with E-state index in [0.717, 1.165) is 22.1 Å². The van der Waals surface area contributed by atoms with E-state index < -0.39 is 0 Å². The van der Waals surface area contributed by atoms with E-state index in [4.69, 9.17) is 4.98 Å². The summed E-state index contributed by atoms with van der Waals surface area (Å²) < 4.78 is 4.26. The van der Waals surface area contributed by atoms with Crippen molar-refractivity contribution in [1.82, 2.24) is 24.1 Å². The molecular weight excluding hydrogens is 406 g/mol. The number of benzene rings is 4. The summed E-state index contributed by atoms with van der Waals surface area (Å²) in [6, 6.07) is 31.7. The molecule has 5 nitrogen and oxygen atoms in total. The number of hydrogen-bond donors (Lipinski definition) is 0. The van der Waals surface area contributed by atoms with Gasteiger partial charge in [0.2, 0.25) is 11.9 Å². The highest BCUT2D eigenvalue weighted by Gasteiger charge is 2.17. The quantitative estimate of drug-likeness (QED) is 0.323. The van der Waals surface area contributed by atoms with Crippen molar-refractivity contribution in [3.05, 3.63) is 103 Å². The lowest BCUT2D eigenvalue weighted by molar-refractivity contribution is 0.886. The van der Waals surface area contributed by atoms with E-state index in [1.54, 1.807) is 6.33 Å². The first kappa shape index (κ1) is 18.1. The van der Waals surface area contributed by atoms with Crippen molar-refractivity contribution in [1.29, 1.82) is 0 Å². The van der Waals surface area contributed by atoms with Gasteiger partial charge in [-0.2, -0.15) is 4.98 Å². The van der Waals surface area contributed by atoms with Crippen LogP contribution >= 0.6 is 0 Å². The molecule has 156 valence electrons. The lowest BCUT2D eigenvalue weighted by Crippen LogP contribution is -2.07. The minimum absolute atomic E-state index is 0.607. The van der Waals surface area contributed by atoms with Gasteiger partial charge in [0.1, 0.15) is 6.33 Å². The van der Waals surface area contributed by atoms with Crippen LogP contribution in [0.15, 0.2) is 97.3 Å². The topological polar surface area (TPSA) is 48.5 Å². The Labute approximate surface area is 189 Å². The van der Waals surface area contributed by atoms with Gasteiger partial charge in [-0.25, -0.2) is 9.97 Å². The van der Waals surface area contributed by atoms with Crippen molar-refractivity contribution in [3.63, 3.8) is 0 Å². The van der Waals surface area contributed by atoms with E-state index in [-0.39, 0.29) is 0 Å². The summed E-state index contributed by atoms with van der Waals surface area (Å²) in [6.45, 7) is 2.11. The summed E-state index contributed by atoms with van der Waals surface area (Å²) in [7, 11) is 0. The molecule has 7 rings (SSSR count). The van der Waals surface area contributed by atoms with Gasteiger partial charge in [0, 0.05) is 21.5 Å². The Morgan fingerprint density at radius 1 is 0.515 bits per heavy atom. The van der Waals surface area contributed by atoms with Gasteiger partial charge < -0.3 is 0 Å². The van der Waals surface area contributed by atoms with E-state index >= 15 is 0 Å². The minimum atomic E-state index is 0.607. The molecular formula is C28H19N5. The highest BCUT2D eigenvalue weighted by molar-refractivity contribution is 6.10. The van der Waals surface area contributed by atoms with E-state index in [2.05, 4.69) is 117 Å². The maximum atomic E-state index is 4.99. The smallest absolute Gasteiger partial charge is 0.239 e. The summed E-state index contributed by atoms with van der Waals surface area (Å²) in [5.74, 6) is 1.22. The molecule has 0 aliphatic rings. The fourth-order valence-corrected chi connectivity index (χ4v) is 4.93. The Hall–Kier alpha value is -4.51. The van der Waals surface area contributed by atoms with Crippen molar-refractivity contribution < 1.29 is 0 Å². The van der Waals surface area contributed by atoms with Crippen LogP contribution in [0.4, 0.5) is 0 Å². The average molecular weight is 425 g/mol. The summed E-state index contributed by atoms with van der Waals surface area (Å²) in [5, 5.41) is 4.74. The second-order valence-electron chi connectivity index (χ2n) is 8.33. The SMILES string of the molecule is Cc1ccc2c3ccccc3n(-c3ncnc(-n4c5ccccc5c5ccccc54)n3)c2c1. The Morgan fingerprint density at radius 3 is 1.52 bits per heavy atom. The van der Waals surface area contributed by atoms with Gasteiger partial charge in [-0.05, 0) is 36.8 Å². The third-order valence-electron chi connectivity index (χ3n) is 6.36. The van der Waals surface area contributed by atoms with Crippen molar-refractivity contribution in [2.75, 3.05) is 0 Å². The number of nitrogens with zero attached hydrogens (tertiary/aromatic N) is 5. The number of fused-ring (bicyclic) bond motifs is 6. The molecule has 3 heterocycles. The zero-order valence-electron chi connectivity index (χ0n) is 18.0. The van der Waals surface area contributed by atoms with Gasteiger partial charge in [-0.3, -0.25) is 9.13 Å². The maximum Gasteiger partial charge on any atom is 0.239 e. The monoisotopic (exact) mass is 425 g/mol. The number of rotatable bonds is 2. The molecule has 0 N–H and O–H groups in total. The van der Waals surface area contributed by atoms with Crippen molar-refractivity contribution in [2.24, 2.45) is 0 Å². The molecule has 0 spiro atoms. The Kier molecular flexibility index (Phi) is 3.70. The summed E-state index contributed by atoms with van der Waals surface area (Å²) in [5.41, 5.74) is 5.53. The van der Waals surface area contributed by atoms with Crippen LogP contribution in [-0.2, 0) is 0 Å². The molecule has 0 saturated carbocycles. The number of hydrogen-bond acceptors (Lipinski definition) is 3. The number of para-hydroxylation sites is 3. The van der Waals surface area contributed by atoms with Gasteiger partial charge in [0.25, 0.3) is 0 Å². The highest BCUT2D eigenvalue weighted by Crippen LogP contribution is 2.33. The third kappa shape index (κ3) is 2.56. The van der Waals surface area contributed by atoms with Crippen LogP contribution in [0.1, 0.15) is 5.56 Å².